The monoisotopic (exact) mass is 434 g/mol. The summed E-state index contributed by atoms with van der Waals surface area (Å²) in [5.74, 6) is -1.19. The van der Waals surface area contributed by atoms with E-state index >= 15 is 0 Å². The molecule has 1 fully saturated rings. The smallest absolute Gasteiger partial charge is 0.325 e. The molecule has 9 nitrogen and oxygen atoms in total. The molecule has 0 radical (unpaired) electrons. The van der Waals surface area contributed by atoms with E-state index in [2.05, 4.69) is 16.0 Å². The quantitative estimate of drug-likeness (QED) is 0.545. The molecule has 164 valence electrons. The minimum atomic E-state index is -1.46. The van der Waals surface area contributed by atoms with Crippen LogP contribution in [0.5, 0.6) is 0 Å². The van der Waals surface area contributed by atoms with Crippen molar-refractivity contribution in [2.75, 3.05) is 11.9 Å². The van der Waals surface area contributed by atoms with Crippen LogP contribution in [0, 0.1) is 13.8 Å². The summed E-state index contributed by atoms with van der Waals surface area (Å²) in [6.45, 7) is 4.65. The number of fused-ring (bicyclic) bond motifs is 1. The summed E-state index contributed by atoms with van der Waals surface area (Å²) in [6, 6.07) is 12.8. The number of rotatable bonds is 4. The van der Waals surface area contributed by atoms with Gasteiger partial charge in [0.25, 0.3) is 5.91 Å². The second kappa shape index (κ2) is 7.84. The normalized spacial score (nSPS) is 18.0. The highest BCUT2D eigenvalue weighted by Crippen LogP contribution is 2.32. The average molecular weight is 434 g/mol. The van der Waals surface area contributed by atoms with Gasteiger partial charge in [0.2, 0.25) is 5.91 Å². The zero-order valence-corrected chi connectivity index (χ0v) is 17.8. The molecule has 1 saturated heterocycles. The van der Waals surface area contributed by atoms with Crippen molar-refractivity contribution in [1.82, 2.24) is 15.5 Å². The lowest BCUT2D eigenvalue weighted by Crippen LogP contribution is -2.45. The molecule has 4 rings (SSSR count). The molecule has 1 unspecified atom stereocenters. The van der Waals surface area contributed by atoms with Gasteiger partial charge in [0.05, 0.1) is 0 Å². The van der Waals surface area contributed by atoms with Gasteiger partial charge in [-0.15, -0.1) is 0 Å². The van der Waals surface area contributed by atoms with Gasteiger partial charge < -0.3 is 15.1 Å². The largest absolute Gasteiger partial charge is 0.458 e. The van der Waals surface area contributed by atoms with E-state index < -0.39 is 36.0 Å². The molecular formula is C23H22N4O5. The molecule has 3 aromatic rings. The van der Waals surface area contributed by atoms with Crippen molar-refractivity contribution >= 4 is 40.5 Å². The first-order valence-corrected chi connectivity index (χ1v) is 9.99. The van der Waals surface area contributed by atoms with Crippen LogP contribution >= 0.6 is 0 Å². The van der Waals surface area contributed by atoms with Crippen molar-refractivity contribution < 1.29 is 23.6 Å². The number of hydrogen-bond acceptors (Lipinski definition) is 5. The highest BCUT2D eigenvalue weighted by molar-refractivity contribution is 6.10. The second-order valence-electron chi connectivity index (χ2n) is 7.84. The number of benzene rings is 2. The van der Waals surface area contributed by atoms with Gasteiger partial charge in [-0.2, -0.15) is 0 Å². The van der Waals surface area contributed by atoms with Crippen molar-refractivity contribution in [3.8, 4) is 0 Å². The molecule has 9 heteroatoms. The van der Waals surface area contributed by atoms with Crippen LogP contribution in [0.15, 0.2) is 52.9 Å². The van der Waals surface area contributed by atoms with Crippen LogP contribution < -0.4 is 16.0 Å². The Morgan fingerprint density at radius 1 is 1.09 bits per heavy atom. The first-order chi connectivity index (χ1) is 15.2. The predicted molar refractivity (Wildman–Crippen MR) is 117 cm³/mol. The van der Waals surface area contributed by atoms with Crippen molar-refractivity contribution in [3.63, 3.8) is 0 Å². The maximum absolute atomic E-state index is 13.0. The third-order valence-corrected chi connectivity index (χ3v) is 5.60. The summed E-state index contributed by atoms with van der Waals surface area (Å²) in [4.78, 5) is 50.8. The van der Waals surface area contributed by atoms with Gasteiger partial charge in [-0.25, -0.2) is 9.59 Å². The van der Waals surface area contributed by atoms with E-state index in [1.807, 2.05) is 32.0 Å². The van der Waals surface area contributed by atoms with Gasteiger partial charge in [0.1, 0.15) is 17.9 Å². The number of nitrogens with one attached hydrogen (secondary N) is 3. The van der Waals surface area contributed by atoms with Crippen LogP contribution in [0.25, 0.3) is 11.0 Å². The van der Waals surface area contributed by atoms with E-state index in [1.54, 1.807) is 30.3 Å². The first-order valence-electron chi connectivity index (χ1n) is 9.99. The number of nitrogens with zero attached hydrogens (tertiary/aromatic N) is 1. The van der Waals surface area contributed by atoms with Crippen molar-refractivity contribution in [3.05, 3.63) is 65.4 Å². The number of urea groups is 2. The Balaban J connectivity index is 1.44. The average Bonchev–Trinajstić information content (AvgIpc) is 3.27. The minimum absolute atomic E-state index is 0.257. The standard InChI is InChI=1S/C23H22N4O5/c1-13-7-6-9-16(14(13)2)24-21(30)25-19(28)12-27-20(29)23(3,26-22(27)31)18-11-15-8-4-5-10-17(15)32-18/h4-11H,12H2,1-3H3,(H,26,31)(H2,24,25,28,30). The fourth-order valence-corrected chi connectivity index (χ4v) is 3.59. The molecule has 3 N–H and O–H groups in total. The Labute approximate surface area is 183 Å². The second-order valence-corrected chi connectivity index (χ2v) is 7.84. The lowest BCUT2D eigenvalue weighted by molar-refractivity contribution is -0.134. The molecule has 32 heavy (non-hydrogen) atoms. The van der Waals surface area contributed by atoms with Gasteiger partial charge in [-0.3, -0.25) is 19.8 Å². The molecule has 1 aromatic heterocycles. The van der Waals surface area contributed by atoms with Gasteiger partial charge in [-0.05, 0) is 50.1 Å². The number of para-hydroxylation sites is 1. The number of aryl methyl sites for hydroxylation is 1. The summed E-state index contributed by atoms with van der Waals surface area (Å²) in [5.41, 5.74) is 1.52. The summed E-state index contributed by atoms with van der Waals surface area (Å²) in [5, 5.41) is 8.11. The summed E-state index contributed by atoms with van der Waals surface area (Å²) >= 11 is 0. The highest BCUT2D eigenvalue weighted by Gasteiger charge is 2.51. The van der Waals surface area contributed by atoms with Gasteiger partial charge in [-0.1, -0.05) is 30.3 Å². The zero-order valence-electron chi connectivity index (χ0n) is 17.8. The lowest BCUT2D eigenvalue weighted by Gasteiger charge is -2.18. The predicted octanol–water partition coefficient (Wildman–Crippen LogP) is 3.16. The number of anilines is 1. The van der Waals surface area contributed by atoms with E-state index in [9.17, 15) is 19.2 Å². The number of carbonyl (C=O) groups is 4. The molecule has 0 aliphatic carbocycles. The Morgan fingerprint density at radius 3 is 2.59 bits per heavy atom. The Kier molecular flexibility index (Phi) is 5.17. The van der Waals surface area contributed by atoms with E-state index in [1.165, 1.54) is 6.92 Å². The highest BCUT2D eigenvalue weighted by atomic mass is 16.3. The Bertz CT molecular complexity index is 1230. The van der Waals surface area contributed by atoms with Crippen molar-refractivity contribution in [2.24, 2.45) is 0 Å². The van der Waals surface area contributed by atoms with Crippen LogP contribution in [-0.2, 0) is 15.1 Å². The maximum Gasteiger partial charge on any atom is 0.325 e. The number of hydrogen-bond donors (Lipinski definition) is 3. The summed E-state index contributed by atoms with van der Waals surface area (Å²) in [7, 11) is 0. The number of amides is 6. The minimum Gasteiger partial charge on any atom is -0.458 e. The van der Waals surface area contributed by atoms with Crippen LogP contribution in [0.3, 0.4) is 0 Å². The molecule has 1 aliphatic rings. The number of imide groups is 2. The molecule has 6 amide bonds. The van der Waals surface area contributed by atoms with Crippen molar-refractivity contribution in [1.29, 1.82) is 0 Å². The van der Waals surface area contributed by atoms with Crippen LogP contribution in [0.1, 0.15) is 23.8 Å². The van der Waals surface area contributed by atoms with E-state index in [0.717, 1.165) is 21.4 Å². The molecule has 2 heterocycles. The zero-order chi connectivity index (χ0) is 23.0. The number of furan rings is 1. The summed E-state index contributed by atoms with van der Waals surface area (Å²) in [6.07, 6.45) is 0. The first kappa shape index (κ1) is 21.1. The number of carbonyl (C=O) groups excluding carboxylic acids is 4. The Hall–Kier alpha value is -4.14. The van der Waals surface area contributed by atoms with Crippen molar-refractivity contribution in [2.45, 2.75) is 26.3 Å². The van der Waals surface area contributed by atoms with E-state index in [-0.39, 0.29) is 5.76 Å². The third-order valence-electron chi connectivity index (χ3n) is 5.60. The fourth-order valence-electron chi connectivity index (χ4n) is 3.59. The molecule has 1 atom stereocenters. The molecule has 0 bridgehead atoms. The maximum atomic E-state index is 13.0. The third kappa shape index (κ3) is 3.68. The van der Waals surface area contributed by atoms with E-state index in [4.69, 9.17) is 4.42 Å². The fraction of sp³-hybridized carbons (Fsp3) is 0.217. The lowest BCUT2D eigenvalue weighted by atomic mass is 9.99. The van der Waals surface area contributed by atoms with Gasteiger partial charge in [0.15, 0.2) is 5.54 Å². The van der Waals surface area contributed by atoms with Crippen LogP contribution in [-0.4, -0.2) is 35.3 Å². The van der Waals surface area contributed by atoms with Crippen LogP contribution in [0.2, 0.25) is 0 Å². The van der Waals surface area contributed by atoms with Gasteiger partial charge in [0, 0.05) is 11.1 Å². The Morgan fingerprint density at radius 2 is 1.84 bits per heavy atom. The molecule has 0 saturated carbocycles. The molecule has 1 aliphatic heterocycles. The van der Waals surface area contributed by atoms with Crippen LogP contribution in [0.4, 0.5) is 15.3 Å². The van der Waals surface area contributed by atoms with Gasteiger partial charge >= 0.3 is 12.1 Å². The van der Waals surface area contributed by atoms with E-state index in [0.29, 0.717) is 11.3 Å². The molecule has 0 spiro atoms. The summed E-state index contributed by atoms with van der Waals surface area (Å²) < 4.78 is 5.75. The molecular weight excluding hydrogens is 412 g/mol. The topological polar surface area (TPSA) is 121 Å². The molecule has 2 aromatic carbocycles. The SMILES string of the molecule is Cc1cccc(NC(=O)NC(=O)CN2C(=O)NC(C)(c3cc4ccccc4o3)C2=O)c1C.